The van der Waals surface area contributed by atoms with Crippen molar-refractivity contribution in [3.63, 3.8) is 0 Å². The fourth-order valence-corrected chi connectivity index (χ4v) is 2.00. The molecule has 0 saturated carbocycles. The maximum absolute atomic E-state index is 10.9. The molecular weight excluding hydrogens is 194 g/mol. The van der Waals surface area contributed by atoms with E-state index in [1.807, 2.05) is 0 Å². The number of aliphatic carboxylic acids is 1. The summed E-state index contributed by atoms with van der Waals surface area (Å²) >= 11 is 0. The number of aliphatic hydroxyl groups is 1. The van der Waals surface area contributed by atoms with Gasteiger partial charge in [-0.15, -0.1) is 0 Å². The molecule has 0 radical (unpaired) electrons. The number of nitrogens with zero attached hydrogens (tertiary/aromatic N) is 1. The monoisotopic (exact) mass is 215 g/mol. The molecule has 0 spiro atoms. The van der Waals surface area contributed by atoms with Crippen LogP contribution < -0.4 is 0 Å². The summed E-state index contributed by atoms with van der Waals surface area (Å²) in [6, 6.07) is 0. The molecule has 1 saturated heterocycles. The minimum Gasteiger partial charge on any atom is -0.479 e. The van der Waals surface area contributed by atoms with Crippen molar-refractivity contribution < 1.29 is 15.0 Å². The van der Waals surface area contributed by atoms with E-state index >= 15 is 0 Å². The molecule has 4 nitrogen and oxygen atoms in total. The van der Waals surface area contributed by atoms with E-state index in [0.29, 0.717) is 19.4 Å². The molecule has 1 unspecified atom stereocenters. The number of carbonyl (C=O) groups is 1. The molecule has 0 amide bonds. The molecular formula is C11H21NO3. The second-order valence-electron chi connectivity index (χ2n) is 5.35. The van der Waals surface area contributed by atoms with E-state index in [-0.39, 0.29) is 5.54 Å². The van der Waals surface area contributed by atoms with Gasteiger partial charge in [-0.1, -0.05) is 0 Å². The lowest BCUT2D eigenvalue weighted by molar-refractivity contribution is -0.159. The van der Waals surface area contributed by atoms with Gasteiger partial charge >= 0.3 is 5.97 Å². The molecule has 2 N–H and O–H groups in total. The fraction of sp³-hybridized carbons (Fsp3) is 0.909. The Morgan fingerprint density at radius 1 is 1.27 bits per heavy atom. The number of hydrogen-bond acceptors (Lipinski definition) is 3. The standard InChI is InChI=1S/C11H21NO3/c1-10(2,3)12-7-4-5-11(15,6-8-12)9(13)14/h15H,4-8H2,1-3H3,(H,13,14). The Hall–Kier alpha value is -0.610. The molecule has 1 aliphatic rings. The van der Waals surface area contributed by atoms with Crippen LogP contribution in [0.4, 0.5) is 0 Å². The third kappa shape index (κ3) is 2.92. The van der Waals surface area contributed by atoms with Gasteiger partial charge < -0.3 is 10.2 Å². The molecule has 1 fully saturated rings. The molecule has 0 aromatic carbocycles. The summed E-state index contributed by atoms with van der Waals surface area (Å²) in [5.74, 6) is -1.08. The number of rotatable bonds is 1. The molecule has 1 heterocycles. The Labute approximate surface area is 90.9 Å². The van der Waals surface area contributed by atoms with Gasteiger partial charge in [-0.25, -0.2) is 4.79 Å². The van der Waals surface area contributed by atoms with E-state index in [2.05, 4.69) is 25.7 Å². The van der Waals surface area contributed by atoms with Gasteiger partial charge in [-0.3, -0.25) is 4.90 Å². The lowest BCUT2D eigenvalue weighted by Gasteiger charge is -2.34. The van der Waals surface area contributed by atoms with Gasteiger partial charge in [0.05, 0.1) is 0 Å². The van der Waals surface area contributed by atoms with Crippen molar-refractivity contribution in [1.29, 1.82) is 0 Å². The van der Waals surface area contributed by atoms with Crippen LogP contribution >= 0.6 is 0 Å². The van der Waals surface area contributed by atoms with Gasteiger partial charge in [-0.05, 0) is 46.6 Å². The number of likely N-dealkylation sites (tertiary alicyclic amines) is 1. The van der Waals surface area contributed by atoms with Crippen LogP contribution in [0.2, 0.25) is 0 Å². The Balaban J connectivity index is 2.68. The van der Waals surface area contributed by atoms with Crippen LogP contribution in [0.5, 0.6) is 0 Å². The summed E-state index contributed by atoms with van der Waals surface area (Å²) in [7, 11) is 0. The van der Waals surface area contributed by atoms with Crippen LogP contribution in [-0.4, -0.2) is 45.3 Å². The highest BCUT2D eigenvalue weighted by Gasteiger charge is 2.38. The first-order valence-electron chi connectivity index (χ1n) is 5.46. The van der Waals surface area contributed by atoms with Gasteiger partial charge in [0.15, 0.2) is 5.60 Å². The smallest absolute Gasteiger partial charge is 0.335 e. The highest BCUT2D eigenvalue weighted by atomic mass is 16.4. The predicted octanol–water partition coefficient (Wildman–Crippen LogP) is 1.09. The highest BCUT2D eigenvalue weighted by molar-refractivity contribution is 5.77. The quantitative estimate of drug-likeness (QED) is 0.687. The zero-order valence-electron chi connectivity index (χ0n) is 9.79. The third-order valence-corrected chi connectivity index (χ3v) is 3.16. The molecule has 1 aliphatic heterocycles. The summed E-state index contributed by atoms with van der Waals surface area (Å²) in [6.07, 6.45) is 1.41. The summed E-state index contributed by atoms with van der Waals surface area (Å²) < 4.78 is 0. The van der Waals surface area contributed by atoms with Gasteiger partial charge in [0.1, 0.15) is 0 Å². The second-order valence-corrected chi connectivity index (χ2v) is 5.35. The van der Waals surface area contributed by atoms with Crippen LogP contribution in [-0.2, 0) is 4.79 Å². The summed E-state index contributed by atoms with van der Waals surface area (Å²) in [6.45, 7) is 7.83. The SMILES string of the molecule is CC(C)(C)N1CCCC(O)(C(=O)O)CC1. The van der Waals surface area contributed by atoms with E-state index < -0.39 is 11.6 Å². The summed E-state index contributed by atoms with van der Waals surface area (Å²) in [4.78, 5) is 13.1. The van der Waals surface area contributed by atoms with Crippen molar-refractivity contribution in [3.05, 3.63) is 0 Å². The summed E-state index contributed by atoms with van der Waals surface area (Å²) in [5, 5.41) is 18.8. The molecule has 0 aromatic rings. The topological polar surface area (TPSA) is 60.8 Å². The molecule has 88 valence electrons. The van der Waals surface area contributed by atoms with Crippen LogP contribution in [0.15, 0.2) is 0 Å². The molecule has 1 rings (SSSR count). The van der Waals surface area contributed by atoms with E-state index in [9.17, 15) is 9.90 Å². The Bertz CT molecular complexity index is 247. The van der Waals surface area contributed by atoms with Crippen LogP contribution in [0.3, 0.4) is 0 Å². The normalized spacial score (nSPS) is 29.9. The zero-order chi connectivity index (χ0) is 11.7. The van der Waals surface area contributed by atoms with Crippen molar-refractivity contribution in [2.75, 3.05) is 13.1 Å². The molecule has 0 bridgehead atoms. The van der Waals surface area contributed by atoms with Gasteiger partial charge in [0, 0.05) is 12.1 Å². The minimum atomic E-state index is -1.51. The third-order valence-electron chi connectivity index (χ3n) is 3.16. The zero-order valence-corrected chi connectivity index (χ0v) is 9.79. The fourth-order valence-electron chi connectivity index (χ4n) is 2.00. The first-order chi connectivity index (χ1) is 6.76. The van der Waals surface area contributed by atoms with E-state index in [1.165, 1.54) is 0 Å². The van der Waals surface area contributed by atoms with Crippen molar-refractivity contribution >= 4 is 5.97 Å². The van der Waals surface area contributed by atoms with E-state index in [0.717, 1.165) is 13.0 Å². The Morgan fingerprint density at radius 2 is 1.87 bits per heavy atom. The average Bonchev–Trinajstić information content (AvgIpc) is 2.26. The van der Waals surface area contributed by atoms with E-state index in [1.54, 1.807) is 0 Å². The van der Waals surface area contributed by atoms with Crippen molar-refractivity contribution in [3.8, 4) is 0 Å². The highest BCUT2D eigenvalue weighted by Crippen LogP contribution is 2.26. The van der Waals surface area contributed by atoms with Crippen LogP contribution in [0.25, 0.3) is 0 Å². The molecule has 4 heteroatoms. The molecule has 0 aliphatic carbocycles. The Kier molecular flexibility index (Phi) is 3.41. The average molecular weight is 215 g/mol. The molecule has 0 aromatic heterocycles. The van der Waals surface area contributed by atoms with Gasteiger partial charge in [0.2, 0.25) is 0 Å². The van der Waals surface area contributed by atoms with Gasteiger partial charge in [-0.2, -0.15) is 0 Å². The Morgan fingerprint density at radius 3 is 2.33 bits per heavy atom. The predicted molar refractivity (Wildman–Crippen MR) is 57.8 cm³/mol. The maximum Gasteiger partial charge on any atom is 0.335 e. The molecule has 15 heavy (non-hydrogen) atoms. The first-order valence-corrected chi connectivity index (χ1v) is 5.46. The number of carboxylic acids is 1. The maximum atomic E-state index is 10.9. The minimum absolute atomic E-state index is 0.0454. The number of carboxylic acid groups (broad SMARTS) is 1. The second kappa shape index (κ2) is 4.10. The largest absolute Gasteiger partial charge is 0.479 e. The van der Waals surface area contributed by atoms with Crippen LogP contribution in [0, 0.1) is 0 Å². The number of hydrogen-bond donors (Lipinski definition) is 2. The van der Waals surface area contributed by atoms with Crippen molar-refractivity contribution in [1.82, 2.24) is 4.90 Å². The summed E-state index contributed by atoms with van der Waals surface area (Å²) in [5.41, 5.74) is -1.47. The van der Waals surface area contributed by atoms with Crippen molar-refractivity contribution in [2.24, 2.45) is 0 Å². The lowest BCUT2D eigenvalue weighted by atomic mass is 9.95. The molecule has 1 atom stereocenters. The van der Waals surface area contributed by atoms with E-state index in [4.69, 9.17) is 5.11 Å². The van der Waals surface area contributed by atoms with Crippen molar-refractivity contribution in [2.45, 2.75) is 51.2 Å². The van der Waals surface area contributed by atoms with Crippen LogP contribution in [0.1, 0.15) is 40.0 Å². The lowest BCUT2D eigenvalue weighted by Crippen LogP contribution is -2.44. The first kappa shape index (κ1) is 12.5. The van der Waals surface area contributed by atoms with Gasteiger partial charge in [0.25, 0.3) is 0 Å².